The fraction of sp³-hybridized carbons (Fsp3) is 0.412. The molecule has 0 aliphatic carbocycles. The highest BCUT2D eigenvalue weighted by Crippen LogP contribution is 2.26. The van der Waals surface area contributed by atoms with Gasteiger partial charge in [-0.05, 0) is 50.4 Å². The van der Waals surface area contributed by atoms with Crippen LogP contribution in [0.15, 0.2) is 30.3 Å². The summed E-state index contributed by atoms with van der Waals surface area (Å²) in [6.07, 6.45) is 3.47. The zero-order valence-electron chi connectivity index (χ0n) is 13.3. The summed E-state index contributed by atoms with van der Waals surface area (Å²) < 4.78 is 0. The molecule has 1 amide bonds. The highest BCUT2D eigenvalue weighted by atomic mass is 35.5. The lowest BCUT2D eigenvalue weighted by Gasteiger charge is -2.22. The lowest BCUT2D eigenvalue weighted by atomic mass is 9.96. The van der Waals surface area contributed by atoms with Crippen LogP contribution in [0.3, 0.4) is 0 Å². The average Bonchev–Trinajstić information content (AvgIpc) is 3.06. The van der Waals surface area contributed by atoms with Gasteiger partial charge in [0.1, 0.15) is 5.69 Å². The first-order valence-electron chi connectivity index (χ1n) is 8.03. The second-order valence-electron chi connectivity index (χ2n) is 5.90. The van der Waals surface area contributed by atoms with Crippen LogP contribution < -0.4 is 10.6 Å². The largest absolute Gasteiger partial charge is 0.351 e. The van der Waals surface area contributed by atoms with Gasteiger partial charge in [-0.25, -0.2) is 0 Å². The molecule has 1 aliphatic heterocycles. The Morgan fingerprint density at radius 1 is 1.38 bits per heavy atom. The number of carbonyl (C=O) groups is 1. The Labute approximate surface area is 153 Å². The number of aromatic amines is 1. The number of nitrogens with one attached hydrogen (secondary N) is 3. The molecular weight excluding hydrogens is 347 g/mol. The summed E-state index contributed by atoms with van der Waals surface area (Å²) in [6, 6.07) is 9.19. The Balaban J connectivity index is 0.00000208. The van der Waals surface area contributed by atoms with Gasteiger partial charge in [-0.3, -0.25) is 9.89 Å². The van der Waals surface area contributed by atoms with Crippen molar-refractivity contribution in [3.05, 3.63) is 41.0 Å². The third-order valence-corrected chi connectivity index (χ3v) is 4.54. The molecule has 1 fully saturated rings. The predicted molar refractivity (Wildman–Crippen MR) is 98.8 cm³/mol. The number of piperidine rings is 1. The molecule has 0 spiro atoms. The Hall–Kier alpha value is -1.56. The highest BCUT2D eigenvalue weighted by molar-refractivity contribution is 6.33. The van der Waals surface area contributed by atoms with E-state index in [1.807, 2.05) is 24.3 Å². The molecule has 1 saturated heterocycles. The van der Waals surface area contributed by atoms with Crippen LogP contribution in [0, 0.1) is 5.92 Å². The lowest BCUT2D eigenvalue weighted by Crippen LogP contribution is -2.33. The summed E-state index contributed by atoms with van der Waals surface area (Å²) in [5, 5.41) is 13.9. The minimum atomic E-state index is -0.125. The Kier molecular flexibility index (Phi) is 7.09. The van der Waals surface area contributed by atoms with Crippen molar-refractivity contribution in [1.29, 1.82) is 0 Å². The van der Waals surface area contributed by atoms with Gasteiger partial charge in [0.25, 0.3) is 5.91 Å². The Morgan fingerprint density at radius 3 is 2.96 bits per heavy atom. The second-order valence-corrected chi connectivity index (χ2v) is 6.31. The number of halogens is 2. The summed E-state index contributed by atoms with van der Waals surface area (Å²) in [5.74, 6) is 0.532. The highest BCUT2D eigenvalue weighted by Gasteiger charge is 2.15. The lowest BCUT2D eigenvalue weighted by molar-refractivity contribution is 0.0945. The number of H-pyrrole nitrogens is 1. The van der Waals surface area contributed by atoms with Crippen molar-refractivity contribution in [3.63, 3.8) is 0 Å². The first-order chi connectivity index (χ1) is 11.2. The number of hydrogen-bond donors (Lipinski definition) is 3. The van der Waals surface area contributed by atoms with Crippen LogP contribution in [-0.4, -0.2) is 35.7 Å². The van der Waals surface area contributed by atoms with Gasteiger partial charge in [-0.2, -0.15) is 5.10 Å². The van der Waals surface area contributed by atoms with Crippen LogP contribution in [0.4, 0.5) is 0 Å². The van der Waals surface area contributed by atoms with E-state index in [0.717, 1.165) is 25.1 Å². The van der Waals surface area contributed by atoms with E-state index in [2.05, 4.69) is 20.8 Å². The van der Waals surface area contributed by atoms with Crippen LogP contribution in [0.1, 0.15) is 29.8 Å². The summed E-state index contributed by atoms with van der Waals surface area (Å²) in [5.41, 5.74) is 1.96. The van der Waals surface area contributed by atoms with E-state index in [1.54, 1.807) is 6.07 Å². The molecule has 24 heavy (non-hydrogen) atoms. The molecular formula is C17H22Cl2N4O. The number of amides is 1. The monoisotopic (exact) mass is 368 g/mol. The summed E-state index contributed by atoms with van der Waals surface area (Å²) >= 11 is 6.16. The van der Waals surface area contributed by atoms with Crippen LogP contribution in [-0.2, 0) is 0 Å². The predicted octanol–water partition coefficient (Wildman–Crippen LogP) is 3.27. The van der Waals surface area contributed by atoms with E-state index in [-0.39, 0.29) is 18.3 Å². The zero-order valence-corrected chi connectivity index (χ0v) is 14.9. The van der Waals surface area contributed by atoms with Crippen LogP contribution >= 0.6 is 24.0 Å². The SMILES string of the molecule is Cl.O=C(NCCC1CCCNC1)c1cc(-c2ccccc2Cl)n[nH]1. The van der Waals surface area contributed by atoms with Crippen LogP contribution in [0.25, 0.3) is 11.3 Å². The Bertz CT molecular complexity index is 668. The van der Waals surface area contributed by atoms with Crippen molar-refractivity contribution in [2.75, 3.05) is 19.6 Å². The molecule has 1 aliphatic rings. The topological polar surface area (TPSA) is 69.8 Å². The summed E-state index contributed by atoms with van der Waals surface area (Å²) in [4.78, 5) is 12.2. The third-order valence-electron chi connectivity index (χ3n) is 4.21. The molecule has 2 aromatic rings. The Morgan fingerprint density at radius 2 is 2.21 bits per heavy atom. The van der Waals surface area contributed by atoms with Gasteiger partial charge >= 0.3 is 0 Å². The molecule has 0 bridgehead atoms. The molecule has 3 rings (SSSR count). The fourth-order valence-corrected chi connectivity index (χ4v) is 3.13. The maximum atomic E-state index is 12.2. The third kappa shape index (κ3) is 4.72. The van der Waals surface area contributed by atoms with Gasteiger partial charge in [0.05, 0.1) is 10.7 Å². The molecule has 1 atom stereocenters. The minimum Gasteiger partial charge on any atom is -0.351 e. The molecule has 130 valence electrons. The molecule has 1 aromatic heterocycles. The summed E-state index contributed by atoms with van der Waals surface area (Å²) in [6.45, 7) is 2.85. The van der Waals surface area contributed by atoms with Gasteiger partial charge in [0.15, 0.2) is 0 Å². The number of rotatable bonds is 5. The fourth-order valence-electron chi connectivity index (χ4n) is 2.90. The first-order valence-corrected chi connectivity index (χ1v) is 8.41. The standard InChI is InChI=1S/C17H21ClN4O.ClH/c18-14-6-2-1-5-13(14)15-10-16(22-21-15)17(23)20-9-7-12-4-3-8-19-11-12;/h1-2,5-6,10,12,19H,3-4,7-9,11H2,(H,20,23)(H,21,22);1H. The number of benzene rings is 1. The van der Waals surface area contributed by atoms with E-state index >= 15 is 0 Å². The van der Waals surface area contributed by atoms with Crippen molar-refractivity contribution < 1.29 is 4.79 Å². The minimum absolute atomic E-state index is 0. The number of nitrogens with zero attached hydrogens (tertiary/aromatic N) is 1. The smallest absolute Gasteiger partial charge is 0.269 e. The van der Waals surface area contributed by atoms with Crippen LogP contribution in [0.5, 0.6) is 0 Å². The molecule has 0 radical (unpaired) electrons. The molecule has 5 nitrogen and oxygen atoms in total. The van der Waals surface area contributed by atoms with E-state index in [4.69, 9.17) is 11.6 Å². The molecule has 1 unspecified atom stereocenters. The van der Waals surface area contributed by atoms with Gasteiger partial charge in [-0.15, -0.1) is 12.4 Å². The maximum absolute atomic E-state index is 12.2. The van der Waals surface area contributed by atoms with Crippen LogP contribution in [0.2, 0.25) is 5.02 Å². The number of hydrogen-bond acceptors (Lipinski definition) is 3. The molecule has 0 saturated carbocycles. The molecule has 3 N–H and O–H groups in total. The van der Waals surface area contributed by atoms with Gasteiger partial charge < -0.3 is 10.6 Å². The molecule has 1 aromatic carbocycles. The van der Waals surface area contributed by atoms with Gasteiger partial charge in [0.2, 0.25) is 0 Å². The van der Waals surface area contributed by atoms with Gasteiger partial charge in [0, 0.05) is 12.1 Å². The molecule has 7 heteroatoms. The van der Waals surface area contributed by atoms with Crippen molar-refractivity contribution in [2.24, 2.45) is 5.92 Å². The zero-order chi connectivity index (χ0) is 16.1. The number of aromatic nitrogens is 2. The van der Waals surface area contributed by atoms with E-state index in [1.165, 1.54) is 12.8 Å². The maximum Gasteiger partial charge on any atom is 0.269 e. The molecule has 2 heterocycles. The van der Waals surface area contributed by atoms with E-state index in [9.17, 15) is 4.79 Å². The van der Waals surface area contributed by atoms with Crippen molar-refractivity contribution in [2.45, 2.75) is 19.3 Å². The second kappa shape index (κ2) is 9.06. The summed E-state index contributed by atoms with van der Waals surface area (Å²) in [7, 11) is 0. The first kappa shape index (κ1) is 18.8. The number of carbonyl (C=O) groups excluding carboxylic acids is 1. The van der Waals surface area contributed by atoms with Crippen molar-refractivity contribution in [3.8, 4) is 11.3 Å². The van der Waals surface area contributed by atoms with Crippen molar-refractivity contribution in [1.82, 2.24) is 20.8 Å². The normalized spacial score (nSPS) is 17.1. The van der Waals surface area contributed by atoms with E-state index < -0.39 is 0 Å². The quantitative estimate of drug-likeness (QED) is 0.758. The van der Waals surface area contributed by atoms with Gasteiger partial charge in [-0.1, -0.05) is 29.8 Å². The van der Waals surface area contributed by atoms with Crippen molar-refractivity contribution >= 4 is 29.9 Å². The van der Waals surface area contributed by atoms with E-state index in [0.29, 0.717) is 28.9 Å². The average molecular weight is 369 g/mol.